The molecule has 7 heteroatoms. The van der Waals surface area contributed by atoms with Gasteiger partial charge in [-0.05, 0) is 17.5 Å². The van der Waals surface area contributed by atoms with Crippen LogP contribution in [0.5, 0.6) is 11.5 Å². The quantitative estimate of drug-likeness (QED) is 0.737. The second-order valence-corrected chi connectivity index (χ2v) is 6.27. The Morgan fingerprint density at radius 3 is 2.35 bits per heavy atom. The van der Waals surface area contributed by atoms with E-state index < -0.39 is 24.2 Å². The molecular weight excluding hydrogens is 326 g/mol. The Balaban J connectivity index is 2.37. The maximum atomic E-state index is 14.4. The number of thiophene rings is 1. The number of carbonyl (C=O) groups excluding carboxylic acids is 1. The molecule has 0 spiro atoms. The van der Waals surface area contributed by atoms with E-state index in [1.165, 1.54) is 34.3 Å². The van der Waals surface area contributed by atoms with Crippen LogP contribution in [0.1, 0.15) is 18.2 Å². The molecule has 0 aliphatic heterocycles. The van der Waals surface area contributed by atoms with Crippen molar-refractivity contribution in [3.8, 4) is 11.5 Å². The van der Waals surface area contributed by atoms with Gasteiger partial charge in [-0.1, -0.05) is 6.92 Å². The van der Waals surface area contributed by atoms with Crippen LogP contribution in [-0.4, -0.2) is 27.3 Å². The van der Waals surface area contributed by atoms with Gasteiger partial charge >= 0.3 is 5.97 Å². The normalized spacial score (nSPS) is 13.0. The highest BCUT2D eigenvalue weighted by atomic mass is 32.1. The smallest absolute Gasteiger partial charge is 0.308 e. The highest BCUT2D eigenvalue weighted by Crippen LogP contribution is 2.43. The molecule has 0 bridgehead atoms. The van der Waals surface area contributed by atoms with Crippen molar-refractivity contribution in [1.29, 1.82) is 0 Å². The van der Waals surface area contributed by atoms with E-state index in [9.17, 15) is 13.6 Å². The number of benzene rings is 1. The number of hydrogen-bond acceptors (Lipinski definition) is 5. The summed E-state index contributed by atoms with van der Waals surface area (Å²) in [4.78, 5) is 11.3. The van der Waals surface area contributed by atoms with E-state index in [4.69, 9.17) is 9.47 Å². The zero-order valence-electron chi connectivity index (χ0n) is 13.3. The second-order valence-electron chi connectivity index (χ2n) is 5.19. The van der Waals surface area contributed by atoms with Crippen molar-refractivity contribution < 1.29 is 27.8 Å². The minimum Gasteiger partial charge on any atom is -0.493 e. The summed E-state index contributed by atoms with van der Waals surface area (Å²) >= 11 is 0.977. The van der Waals surface area contributed by atoms with Crippen molar-refractivity contribution in [1.82, 2.24) is 0 Å². The Labute approximate surface area is 137 Å². The first-order valence-corrected chi connectivity index (χ1v) is 7.75. The van der Waals surface area contributed by atoms with Crippen LogP contribution in [-0.2, 0) is 15.5 Å². The minimum absolute atomic E-state index is 0.0986. The molecule has 0 aliphatic carbocycles. The molecule has 23 heavy (non-hydrogen) atoms. The lowest BCUT2D eigenvalue weighted by molar-refractivity contribution is -0.148. The monoisotopic (exact) mass is 344 g/mol. The minimum atomic E-state index is -3.11. The Hall–Kier alpha value is -1.89. The van der Waals surface area contributed by atoms with Crippen LogP contribution in [0.4, 0.5) is 8.78 Å². The van der Waals surface area contributed by atoms with Gasteiger partial charge in [0, 0.05) is 17.2 Å². The zero-order chi connectivity index (χ0) is 17.2. The van der Waals surface area contributed by atoms with E-state index in [0.717, 1.165) is 11.3 Å². The maximum absolute atomic E-state index is 14.4. The van der Waals surface area contributed by atoms with Crippen molar-refractivity contribution in [2.75, 3.05) is 21.3 Å². The van der Waals surface area contributed by atoms with Gasteiger partial charge in [0.2, 0.25) is 0 Å². The number of halogens is 2. The van der Waals surface area contributed by atoms with Crippen molar-refractivity contribution in [2.45, 2.75) is 19.3 Å². The molecule has 0 saturated carbocycles. The third-order valence-corrected chi connectivity index (χ3v) is 4.76. The van der Waals surface area contributed by atoms with Crippen LogP contribution >= 0.6 is 11.3 Å². The van der Waals surface area contributed by atoms with Crippen molar-refractivity contribution in [3.63, 3.8) is 0 Å². The molecule has 4 nitrogen and oxygen atoms in total. The molecule has 0 fully saturated rings. The fourth-order valence-corrected chi connectivity index (χ4v) is 3.37. The molecular formula is C16H18F2O4S. The Bertz CT molecular complexity index is 670. The third-order valence-electron chi connectivity index (χ3n) is 3.55. The number of hydrogen-bond donors (Lipinski definition) is 0. The molecule has 1 aromatic heterocycles. The molecule has 2 aromatic rings. The number of esters is 1. The van der Waals surface area contributed by atoms with Gasteiger partial charge < -0.3 is 14.2 Å². The lowest BCUT2D eigenvalue weighted by Gasteiger charge is -2.17. The van der Waals surface area contributed by atoms with Crippen LogP contribution in [0.2, 0.25) is 0 Å². The highest BCUT2D eigenvalue weighted by Gasteiger charge is 2.37. The Morgan fingerprint density at radius 1 is 1.17 bits per heavy atom. The predicted octanol–water partition coefficient (Wildman–Crippen LogP) is 4.21. The van der Waals surface area contributed by atoms with E-state index in [1.54, 1.807) is 12.1 Å². The number of rotatable bonds is 6. The molecule has 0 amide bonds. The zero-order valence-corrected chi connectivity index (χ0v) is 14.1. The SMILES string of the molecule is COC(=O)[C@@H](C)CC(F)(F)c1cc2cc(OC)c(OC)cc2s1. The molecule has 0 unspecified atom stereocenters. The number of ether oxygens (including phenoxy) is 3. The fourth-order valence-electron chi connectivity index (χ4n) is 2.32. The van der Waals surface area contributed by atoms with Gasteiger partial charge in [0.15, 0.2) is 11.5 Å². The van der Waals surface area contributed by atoms with Crippen molar-refractivity contribution in [2.24, 2.45) is 5.92 Å². The lowest BCUT2D eigenvalue weighted by Crippen LogP contribution is -2.22. The molecule has 0 radical (unpaired) electrons. The van der Waals surface area contributed by atoms with Gasteiger partial charge in [-0.2, -0.15) is 0 Å². The van der Waals surface area contributed by atoms with Gasteiger partial charge in [-0.25, -0.2) is 8.78 Å². The molecule has 2 rings (SSSR count). The molecule has 0 saturated heterocycles. The summed E-state index contributed by atoms with van der Waals surface area (Å²) < 4.78 is 44.4. The van der Waals surface area contributed by atoms with Gasteiger partial charge in [0.25, 0.3) is 5.92 Å². The van der Waals surface area contributed by atoms with Gasteiger partial charge in [-0.3, -0.25) is 4.79 Å². The molecule has 0 aliphatic rings. The summed E-state index contributed by atoms with van der Waals surface area (Å²) in [7, 11) is 4.17. The van der Waals surface area contributed by atoms with Crippen LogP contribution in [0.25, 0.3) is 10.1 Å². The first-order chi connectivity index (χ1) is 10.8. The van der Waals surface area contributed by atoms with E-state index >= 15 is 0 Å². The first kappa shape index (κ1) is 17.5. The van der Waals surface area contributed by atoms with Gasteiger partial charge in [-0.15, -0.1) is 11.3 Å². The average molecular weight is 344 g/mol. The van der Waals surface area contributed by atoms with Crippen LogP contribution in [0.15, 0.2) is 18.2 Å². The van der Waals surface area contributed by atoms with Crippen LogP contribution < -0.4 is 9.47 Å². The van der Waals surface area contributed by atoms with Crippen molar-refractivity contribution >= 4 is 27.4 Å². The average Bonchev–Trinajstić information content (AvgIpc) is 2.95. The lowest BCUT2D eigenvalue weighted by atomic mass is 10.0. The standard InChI is InChI=1S/C16H18F2O4S/c1-9(15(19)22-4)8-16(17,18)14-6-10-5-11(20-2)12(21-3)7-13(10)23-14/h5-7,9H,8H2,1-4H3/t9-/m0/s1. The molecule has 126 valence electrons. The summed E-state index contributed by atoms with van der Waals surface area (Å²) in [5.41, 5.74) is 0. The van der Waals surface area contributed by atoms with Gasteiger partial charge in [0.1, 0.15) is 0 Å². The fraction of sp³-hybridized carbons (Fsp3) is 0.438. The van der Waals surface area contributed by atoms with Crippen LogP contribution in [0.3, 0.4) is 0 Å². The Morgan fingerprint density at radius 2 is 1.78 bits per heavy atom. The topological polar surface area (TPSA) is 44.8 Å². The van der Waals surface area contributed by atoms with E-state index in [2.05, 4.69) is 4.74 Å². The summed E-state index contributed by atoms with van der Waals surface area (Å²) in [6.07, 6.45) is -0.596. The summed E-state index contributed by atoms with van der Waals surface area (Å²) in [5.74, 6) is -3.67. The predicted molar refractivity (Wildman–Crippen MR) is 84.6 cm³/mol. The highest BCUT2D eigenvalue weighted by molar-refractivity contribution is 7.19. The van der Waals surface area contributed by atoms with E-state index in [1.807, 2.05) is 0 Å². The molecule has 1 atom stereocenters. The molecule has 1 aromatic carbocycles. The molecule has 1 heterocycles. The first-order valence-electron chi connectivity index (χ1n) is 6.94. The number of alkyl halides is 2. The summed E-state index contributed by atoms with van der Waals surface area (Å²) in [6.45, 7) is 1.43. The number of methoxy groups -OCH3 is 3. The maximum Gasteiger partial charge on any atom is 0.308 e. The van der Waals surface area contributed by atoms with E-state index in [0.29, 0.717) is 21.6 Å². The van der Waals surface area contributed by atoms with Gasteiger partial charge in [0.05, 0.1) is 32.1 Å². The number of fused-ring (bicyclic) bond motifs is 1. The largest absolute Gasteiger partial charge is 0.493 e. The number of carbonyl (C=O) groups is 1. The summed E-state index contributed by atoms with van der Waals surface area (Å²) in [5, 5.41) is 0.646. The Kier molecular flexibility index (Phi) is 5.09. The molecule has 0 N–H and O–H groups in total. The van der Waals surface area contributed by atoms with Crippen LogP contribution in [0, 0.1) is 5.92 Å². The van der Waals surface area contributed by atoms with E-state index in [-0.39, 0.29) is 4.88 Å². The summed E-state index contributed by atoms with van der Waals surface area (Å²) in [6, 6.07) is 4.75. The second kappa shape index (κ2) is 6.70. The van der Waals surface area contributed by atoms with Crippen molar-refractivity contribution in [3.05, 3.63) is 23.1 Å². The third kappa shape index (κ3) is 3.55.